The van der Waals surface area contributed by atoms with E-state index in [1.807, 2.05) is 36.4 Å². The number of carbonyl (C=O) groups is 1. The highest BCUT2D eigenvalue weighted by molar-refractivity contribution is 7.17. The van der Waals surface area contributed by atoms with Crippen molar-refractivity contribution in [3.63, 3.8) is 0 Å². The minimum atomic E-state index is -0.125. The van der Waals surface area contributed by atoms with Gasteiger partial charge in [0.05, 0.1) is 17.2 Å². The van der Waals surface area contributed by atoms with Gasteiger partial charge in [0.2, 0.25) is 5.91 Å². The zero-order valence-corrected chi connectivity index (χ0v) is 19.5. The van der Waals surface area contributed by atoms with E-state index in [0.29, 0.717) is 34.4 Å². The number of likely N-dealkylation sites (tertiary alicyclic amines) is 1. The Morgan fingerprint density at radius 1 is 1.32 bits per heavy atom. The van der Waals surface area contributed by atoms with Crippen LogP contribution in [0.25, 0.3) is 21.8 Å². The molecule has 0 radical (unpaired) electrons. The highest BCUT2D eigenvalue weighted by atomic mass is 32.1. The molecule has 9 nitrogen and oxygen atoms in total. The average Bonchev–Trinajstić information content (AvgIpc) is 3.51. The Morgan fingerprint density at radius 3 is 2.91 bits per heavy atom. The van der Waals surface area contributed by atoms with E-state index in [9.17, 15) is 9.90 Å². The number of pyridine rings is 1. The number of benzene rings is 1. The first kappa shape index (κ1) is 23.7. The molecule has 3 aromatic rings. The van der Waals surface area contributed by atoms with Crippen molar-refractivity contribution in [2.24, 2.45) is 10.7 Å². The van der Waals surface area contributed by atoms with E-state index in [2.05, 4.69) is 20.2 Å². The number of aliphatic imine (C=N–C) groups is 1. The zero-order valence-electron chi connectivity index (χ0n) is 18.6. The van der Waals surface area contributed by atoms with Gasteiger partial charge in [-0.05, 0) is 31.5 Å². The average molecular weight is 478 g/mol. The van der Waals surface area contributed by atoms with E-state index in [0.717, 1.165) is 36.9 Å². The number of hydrogen-bond donors (Lipinski definition) is 4. The maximum absolute atomic E-state index is 12.5. The van der Waals surface area contributed by atoms with Crippen LogP contribution in [0.5, 0.6) is 0 Å². The Bertz CT molecular complexity index is 1180. The summed E-state index contributed by atoms with van der Waals surface area (Å²) in [6, 6.07) is 13.4. The minimum absolute atomic E-state index is 0.125. The normalized spacial score (nSPS) is 16.5. The third-order valence-corrected chi connectivity index (χ3v) is 6.85. The molecule has 0 saturated carbocycles. The highest BCUT2D eigenvalue weighted by Crippen LogP contribution is 2.34. The summed E-state index contributed by atoms with van der Waals surface area (Å²) >= 11 is 1.37. The summed E-state index contributed by atoms with van der Waals surface area (Å²) in [7, 11) is 0. The van der Waals surface area contributed by atoms with Gasteiger partial charge in [0, 0.05) is 36.3 Å². The van der Waals surface area contributed by atoms with Gasteiger partial charge in [-0.3, -0.25) is 15.1 Å². The summed E-state index contributed by atoms with van der Waals surface area (Å²) in [6.45, 7) is 1.65. The molecule has 1 unspecified atom stereocenters. The molecular weight excluding hydrogens is 450 g/mol. The first-order valence-corrected chi connectivity index (χ1v) is 11.9. The molecule has 0 spiro atoms. The molecule has 3 heterocycles. The summed E-state index contributed by atoms with van der Waals surface area (Å²) in [4.78, 5) is 28.3. The van der Waals surface area contributed by atoms with Crippen LogP contribution in [0.1, 0.15) is 24.1 Å². The lowest BCUT2D eigenvalue weighted by Gasteiger charge is -2.22. The van der Waals surface area contributed by atoms with Gasteiger partial charge < -0.3 is 16.2 Å². The molecule has 0 bridgehead atoms. The number of aromatic nitrogens is 2. The lowest BCUT2D eigenvalue weighted by Crippen LogP contribution is -2.34. The highest BCUT2D eigenvalue weighted by Gasteiger charge is 2.24. The van der Waals surface area contributed by atoms with E-state index in [1.165, 1.54) is 11.3 Å². The van der Waals surface area contributed by atoms with E-state index in [1.54, 1.807) is 12.3 Å². The number of hydrogen-bond acceptors (Lipinski definition) is 7. The summed E-state index contributed by atoms with van der Waals surface area (Å²) < 4.78 is 0. The number of thiazole rings is 1. The molecular formula is C24H27N7O2S. The summed E-state index contributed by atoms with van der Waals surface area (Å²) in [5.74, 6) is 0.547. The number of amides is 1. The van der Waals surface area contributed by atoms with Crippen LogP contribution in [-0.2, 0) is 4.79 Å². The molecule has 2 aromatic heterocycles. The number of carbonyl (C=O) groups excluding carboxylic acids is 1. The van der Waals surface area contributed by atoms with Crippen LogP contribution < -0.4 is 11.1 Å². The van der Waals surface area contributed by atoms with Gasteiger partial charge in [-0.15, -0.1) is 11.3 Å². The fourth-order valence-electron chi connectivity index (χ4n) is 4.02. The number of aliphatic hydroxyl groups is 1. The largest absolute Gasteiger partial charge is 0.395 e. The molecule has 1 saturated heterocycles. The van der Waals surface area contributed by atoms with Gasteiger partial charge in [-0.2, -0.15) is 0 Å². The second kappa shape index (κ2) is 11.1. The third-order valence-electron chi connectivity index (χ3n) is 5.72. The van der Waals surface area contributed by atoms with E-state index >= 15 is 0 Å². The monoisotopic (exact) mass is 477 g/mol. The Kier molecular flexibility index (Phi) is 7.73. The third kappa shape index (κ3) is 5.53. The molecule has 4 rings (SSSR count). The molecule has 5 N–H and O–H groups in total. The maximum Gasteiger partial charge on any atom is 0.226 e. The standard InChI is InChI=1S/C24H27N7O2S/c25-15-28-23(26)22-21(16-5-2-1-3-6-16)30-24(34-22)17-8-10-27-19(13-17)29-20(33)9-12-31-11-4-7-18(31)14-32/h1-3,5-6,8,10,13,15,18,32H,4,7,9,11-12,14H2,(H3,25,26,28)(H,27,29,33). The summed E-state index contributed by atoms with van der Waals surface area (Å²) in [5, 5.41) is 20.3. The quantitative estimate of drug-likeness (QED) is 0.276. The SMILES string of the molecule is N=CN=C(N)c1sc(-c2ccnc(NC(=O)CCN3CCCC3CO)c2)nc1-c1ccccc1. The van der Waals surface area contributed by atoms with Crippen molar-refractivity contribution in [1.29, 1.82) is 5.41 Å². The second-order valence-electron chi connectivity index (χ2n) is 7.95. The van der Waals surface area contributed by atoms with E-state index in [4.69, 9.17) is 16.1 Å². The molecule has 34 heavy (non-hydrogen) atoms. The smallest absolute Gasteiger partial charge is 0.226 e. The fourth-order valence-corrected chi connectivity index (χ4v) is 5.01. The lowest BCUT2D eigenvalue weighted by molar-refractivity contribution is -0.116. The Balaban J connectivity index is 1.52. The van der Waals surface area contributed by atoms with Crippen molar-refractivity contribution in [3.05, 3.63) is 53.5 Å². The molecule has 1 aliphatic rings. The molecule has 1 aliphatic heterocycles. The van der Waals surface area contributed by atoms with Crippen LogP contribution in [0.15, 0.2) is 53.7 Å². The Labute approximate surface area is 201 Å². The van der Waals surface area contributed by atoms with Gasteiger partial charge >= 0.3 is 0 Å². The van der Waals surface area contributed by atoms with Gasteiger partial charge in [-0.1, -0.05) is 30.3 Å². The number of anilines is 1. The minimum Gasteiger partial charge on any atom is -0.395 e. The molecule has 1 fully saturated rings. The van der Waals surface area contributed by atoms with Crippen LogP contribution in [0, 0.1) is 5.41 Å². The number of amidine groups is 1. The molecule has 1 aromatic carbocycles. The molecule has 1 atom stereocenters. The van der Waals surface area contributed by atoms with Gasteiger partial charge in [0.15, 0.2) is 0 Å². The maximum atomic E-state index is 12.5. The first-order chi connectivity index (χ1) is 16.6. The number of nitrogens with two attached hydrogens (primary N) is 1. The summed E-state index contributed by atoms with van der Waals surface area (Å²) in [6.07, 6.45) is 4.89. The Hall–Kier alpha value is -3.47. The topological polar surface area (TPSA) is 141 Å². The Morgan fingerprint density at radius 2 is 2.15 bits per heavy atom. The van der Waals surface area contributed by atoms with Gasteiger partial charge in [0.25, 0.3) is 0 Å². The second-order valence-corrected chi connectivity index (χ2v) is 8.95. The zero-order chi connectivity index (χ0) is 23.9. The molecule has 10 heteroatoms. The first-order valence-electron chi connectivity index (χ1n) is 11.1. The number of nitrogens with one attached hydrogen (secondary N) is 2. The molecule has 0 aliphatic carbocycles. The van der Waals surface area contributed by atoms with Crippen molar-refractivity contribution in [2.45, 2.75) is 25.3 Å². The van der Waals surface area contributed by atoms with Crippen molar-refractivity contribution in [2.75, 3.05) is 25.0 Å². The van der Waals surface area contributed by atoms with Crippen molar-refractivity contribution in [1.82, 2.24) is 14.9 Å². The van der Waals surface area contributed by atoms with E-state index in [-0.39, 0.29) is 24.4 Å². The van der Waals surface area contributed by atoms with Crippen LogP contribution in [0.3, 0.4) is 0 Å². The van der Waals surface area contributed by atoms with Gasteiger partial charge in [0.1, 0.15) is 23.0 Å². The fraction of sp³-hybridized carbons (Fsp3) is 0.292. The molecule has 176 valence electrons. The molecule has 1 amide bonds. The van der Waals surface area contributed by atoms with Crippen LogP contribution in [-0.4, -0.2) is 63.8 Å². The lowest BCUT2D eigenvalue weighted by atomic mass is 10.1. The van der Waals surface area contributed by atoms with Crippen LogP contribution in [0.2, 0.25) is 0 Å². The van der Waals surface area contributed by atoms with Gasteiger partial charge in [-0.25, -0.2) is 15.0 Å². The summed E-state index contributed by atoms with van der Waals surface area (Å²) in [5.41, 5.74) is 8.50. The van der Waals surface area contributed by atoms with Crippen molar-refractivity contribution < 1.29 is 9.90 Å². The van der Waals surface area contributed by atoms with Crippen LogP contribution in [0.4, 0.5) is 5.82 Å². The van der Waals surface area contributed by atoms with E-state index < -0.39 is 0 Å². The number of rotatable bonds is 9. The van der Waals surface area contributed by atoms with Crippen LogP contribution >= 0.6 is 11.3 Å². The van der Waals surface area contributed by atoms with Crippen molar-refractivity contribution in [3.8, 4) is 21.8 Å². The van der Waals surface area contributed by atoms with Crippen molar-refractivity contribution >= 4 is 35.2 Å². The number of nitrogens with zero attached hydrogens (tertiary/aromatic N) is 4. The predicted molar refractivity (Wildman–Crippen MR) is 135 cm³/mol. The predicted octanol–water partition coefficient (Wildman–Crippen LogP) is 2.97. The number of aliphatic hydroxyl groups excluding tert-OH is 1.